The lowest BCUT2D eigenvalue weighted by molar-refractivity contribution is -0.385. The molecule has 0 radical (unpaired) electrons. The molecule has 1 N–H and O–H groups in total. The SMILES string of the molecule is O=C/C(=C1/NC(c2ccccc2[N+](=O)[O-])c2c(ccc3ccccc23)O1)c1ccccc1. The second-order valence-electron chi connectivity index (χ2n) is 7.42. The Labute approximate surface area is 183 Å². The average Bonchev–Trinajstić information content (AvgIpc) is 2.84. The van der Waals surface area contributed by atoms with Crippen LogP contribution in [-0.4, -0.2) is 11.2 Å². The van der Waals surface area contributed by atoms with Crippen LogP contribution in [0.3, 0.4) is 0 Å². The number of hydrogen-bond acceptors (Lipinski definition) is 5. The summed E-state index contributed by atoms with van der Waals surface area (Å²) in [6.07, 6.45) is 0.736. The highest BCUT2D eigenvalue weighted by atomic mass is 16.6. The van der Waals surface area contributed by atoms with Crippen LogP contribution in [0, 0.1) is 10.1 Å². The highest BCUT2D eigenvalue weighted by Gasteiger charge is 2.33. The van der Waals surface area contributed by atoms with Crippen LogP contribution in [-0.2, 0) is 4.79 Å². The molecule has 0 aromatic heterocycles. The number of rotatable bonds is 4. The predicted molar refractivity (Wildman–Crippen MR) is 122 cm³/mol. The Morgan fingerprint density at radius 2 is 1.62 bits per heavy atom. The smallest absolute Gasteiger partial charge is 0.275 e. The first-order valence-electron chi connectivity index (χ1n) is 10.1. The summed E-state index contributed by atoms with van der Waals surface area (Å²) in [5, 5.41) is 17.0. The third kappa shape index (κ3) is 3.28. The first kappa shape index (κ1) is 19.5. The number of aldehydes is 1. The fourth-order valence-corrected chi connectivity index (χ4v) is 4.14. The van der Waals surface area contributed by atoms with Gasteiger partial charge in [-0.05, 0) is 28.5 Å². The van der Waals surface area contributed by atoms with E-state index in [1.165, 1.54) is 6.07 Å². The molecule has 1 heterocycles. The molecule has 1 aliphatic heterocycles. The minimum Gasteiger partial charge on any atom is -0.440 e. The van der Waals surface area contributed by atoms with Crippen molar-refractivity contribution in [2.24, 2.45) is 0 Å². The van der Waals surface area contributed by atoms with Crippen LogP contribution in [0.2, 0.25) is 0 Å². The highest BCUT2D eigenvalue weighted by Crippen LogP contribution is 2.43. The normalized spacial score (nSPS) is 16.4. The number of nitrogens with zero attached hydrogens (tertiary/aromatic N) is 1. The van der Waals surface area contributed by atoms with Crippen molar-refractivity contribution in [3.63, 3.8) is 0 Å². The minimum atomic E-state index is -0.583. The quantitative estimate of drug-likeness (QED) is 0.206. The van der Waals surface area contributed by atoms with E-state index < -0.39 is 11.0 Å². The van der Waals surface area contributed by atoms with Gasteiger partial charge in [-0.25, -0.2) is 0 Å². The number of nitrogens with one attached hydrogen (secondary N) is 1. The predicted octanol–water partition coefficient (Wildman–Crippen LogP) is 5.39. The number of benzene rings is 4. The Bertz CT molecular complexity index is 1380. The van der Waals surface area contributed by atoms with Crippen molar-refractivity contribution in [1.29, 1.82) is 0 Å². The highest BCUT2D eigenvalue weighted by molar-refractivity contribution is 6.08. The molecule has 0 bridgehead atoms. The number of nitro groups is 1. The summed E-state index contributed by atoms with van der Waals surface area (Å²) in [7, 11) is 0. The first-order valence-corrected chi connectivity index (χ1v) is 10.1. The topological polar surface area (TPSA) is 81.5 Å². The van der Waals surface area contributed by atoms with E-state index in [0.717, 1.165) is 22.6 Å². The molecule has 4 aromatic carbocycles. The van der Waals surface area contributed by atoms with Gasteiger partial charge in [0.1, 0.15) is 5.75 Å². The molecule has 6 heteroatoms. The van der Waals surface area contributed by atoms with Crippen LogP contribution in [0.4, 0.5) is 5.69 Å². The van der Waals surface area contributed by atoms with Crippen molar-refractivity contribution >= 4 is 28.3 Å². The second kappa shape index (κ2) is 8.00. The molecule has 4 aromatic rings. The molecule has 6 nitrogen and oxygen atoms in total. The molecule has 0 aliphatic carbocycles. The van der Waals surface area contributed by atoms with Gasteiger partial charge in [0, 0.05) is 11.6 Å². The third-order valence-electron chi connectivity index (χ3n) is 5.60. The summed E-state index contributed by atoms with van der Waals surface area (Å²) in [4.78, 5) is 23.5. The molecule has 5 rings (SSSR count). The summed E-state index contributed by atoms with van der Waals surface area (Å²) < 4.78 is 6.17. The van der Waals surface area contributed by atoms with Crippen LogP contribution < -0.4 is 10.1 Å². The van der Waals surface area contributed by atoms with E-state index in [1.54, 1.807) is 18.2 Å². The number of hydrogen-bond donors (Lipinski definition) is 1. The monoisotopic (exact) mass is 422 g/mol. The molecule has 1 atom stereocenters. The number of carbonyl (C=O) groups excluding carboxylic acids is 1. The summed E-state index contributed by atoms with van der Waals surface area (Å²) >= 11 is 0. The maximum absolute atomic E-state index is 12.1. The van der Waals surface area contributed by atoms with Gasteiger partial charge in [0.2, 0.25) is 5.88 Å². The maximum Gasteiger partial charge on any atom is 0.275 e. The van der Waals surface area contributed by atoms with Gasteiger partial charge in [-0.15, -0.1) is 0 Å². The van der Waals surface area contributed by atoms with Gasteiger partial charge in [0.25, 0.3) is 5.69 Å². The summed E-state index contributed by atoms with van der Waals surface area (Å²) in [5.41, 5.74) is 2.31. The summed E-state index contributed by atoms with van der Waals surface area (Å²) in [6, 6.07) is 26.8. The first-order chi connectivity index (χ1) is 15.7. The zero-order chi connectivity index (χ0) is 22.1. The number of para-hydroxylation sites is 1. The van der Waals surface area contributed by atoms with E-state index in [4.69, 9.17) is 4.74 Å². The molecule has 0 amide bonds. The Morgan fingerprint density at radius 1 is 0.906 bits per heavy atom. The largest absolute Gasteiger partial charge is 0.440 e. The lowest BCUT2D eigenvalue weighted by Crippen LogP contribution is -2.32. The standard InChI is InChI=1S/C26H18N2O4/c29-16-21(17-8-2-1-3-9-17)26-27-25(20-12-6-7-13-22(20)28(30)31)24-19-11-5-4-10-18(19)14-15-23(24)32-26/h1-16,25,27H/b26-21+. The number of nitro benzene ring substituents is 1. The van der Waals surface area contributed by atoms with Gasteiger partial charge in [-0.1, -0.05) is 72.8 Å². The zero-order valence-corrected chi connectivity index (χ0v) is 16.9. The molecular formula is C26H18N2O4. The molecule has 156 valence electrons. The number of allylic oxidation sites excluding steroid dienone is 1. The molecule has 32 heavy (non-hydrogen) atoms. The van der Waals surface area contributed by atoms with E-state index in [2.05, 4.69) is 5.32 Å². The van der Waals surface area contributed by atoms with Gasteiger partial charge in [-0.2, -0.15) is 0 Å². The average molecular weight is 422 g/mol. The van der Waals surface area contributed by atoms with Crippen LogP contribution in [0.15, 0.2) is 96.9 Å². The third-order valence-corrected chi connectivity index (χ3v) is 5.60. The van der Waals surface area contributed by atoms with Gasteiger partial charge in [0.05, 0.1) is 22.1 Å². The van der Waals surface area contributed by atoms with Crippen molar-refractivity contribution < 1.29 is 14.5 Å². The molecule has 0 saturated carbocycles. The van der Waals surface area contributed by atoms with E-state index >= 15 is 0 Å². The van der Waals surface area contributed by atoms with E-state index in [1.807, 2.05) is 66.7 Å². The van der Waals surface area contributed by atoms with E-state index in [0.29, 0.717) is 22.4 Å². The Morgan fingerprint density at radius 3 is 2.41 bits per heavy atom. The van der Waals surface area contributed by atoms with Gasteiger partial charge in [-0.3, -0.25) is 14.9 Å². The molecule has 1 unspecified atom stereocenters. The van der Waals surface area contributed by atoms with Crippen molar-refractivity contribution in [1.82, 2.24) is 5.32 Å². The van der Waals surface area contributed by atoms with Gasteiger partial charge < -0.3 is 10.1 Å². The maximum atomic E-state index is 12.1. The summed E-state index contributed by atoms with van der Waals surface area (Å²) in [6.45, 7) is 0. The lowest BCUT2D eigenvalue weighted by Gasteiger charge is -2.31. The Balaban J connectivity index is 1.79. The van der Waals surface area contributed by atoms with Gasteiger partial charge >= 0.3 is 0 Å². The van der Waals surface area contributed by atoms with Crippen LogP contribution in [0.25, 0.3) is 16.3 Å². The van der Waals surface area contributed by atoms with Gasteiger partial charge in [0.15, 0.2) is 6.29 Å². The molecule has 0 saturated heterocycles. The fourth-order valence-electron chi connectivity index (χ4n) is 4.14. The van der Waals surface area contributed by atoms with E-state index in [-0.39, 0.29) is 11.6 Å². The fraction of sp³-hybridized carbons (Fsp3) is 0.0385. The zero-order valence-electron chi connectivity index (χ0n) is 16.9. The molecule has 0 fully saturated rings. The second-order valence-corrected chi connectivity index (χ2v) is 7.42. The molecule has 1 aliphatic rings. The van der Waals surface area contributed by atoms with Crippen LogP contribution in [0.1, 0.15) is 22.7 Å². The van der Waals surface area contributed by atoms with E-state index in [9.17, 15) is 14.9 Å². The van der Waals surface area contributed by atoms with Crippen molar-refractivity contribution in [2.45, 2.75) is 6.04 Å². The number of ether oxygens (including phenoxy) is 1. The summed E-state index contributed by atoms with van der Waals surface area (Å²) in [5.74, 6) is 0.813. The number of fused-ring (bicyclic) bond motifs is 3. The van der Waals surface area contributed by atoms with Crippen LogP contribution >= 0.6 is 0 Å². The Hall–Kier alpha value is -4.45. The van der Waals surface area contributed by atoms with Crippen LogP contribution in [0.5, 0.6) is 5.75 Å². The molecular weight excluding hydrogens is 404 g/mol. The van der Waals surface area contributed by atoms with Crippen molar-refractivity contribution in [3.05, 3.63) is 124 Å². The van der Waals surface area contributed by atoms with Crippen molar-refractivity contribution in [2.75, 3.05) is 0 Å². The Kier molecular flexibility index (Phi) is 4.88. The number of carbonyl (C=O) groups is 1. The minimum absolute atomic E-state index is 0.00232. The lowest BCUT2D eigenvalue weighted by atomic mass is 9.90. The molecule has 0 spiro atoms. The van der Waals surface area contributed by atoms with Crippen molar-refractivity contribution in [3.8, 4) is 5.75 Å².